The van der Waals surface area contributed by atoms with Gasteiger partial charge in [0, 0.05) is 16.3 Å². The lowest BCUT2D eigenvalue weighted by Crippen LogP contribution is -2.31. The van der Waals surface area contributed by atoms with Crippen molar-refractivity contribution in [1.29, 1.82) is 0 Å². The largest absolute Gasteiger partial charge is 0.409 e. The molecule has 0 bridgehead atoms. The molecule has 0 saturated carbocycles. The van der Waals surface area contributed by atoms with Crippen molar-refractivity contribution in [2.24, 2.45) is 10.9 Å². The summed E-state index contributed by atoms with van der Waals surface area (Å²) in [5, 5.41) is 11.7. The molecule has 0 spiro atoms. The molecule has 0 unspecified atom stereocenters. The van der Waals surface area contributed by atoms with Crippen molar-refractivity contribution < 1.29 is 9.60 Å². The van der Waals surface area contributed by atoms with E-state index in [9.17, 15) is 9.18 Å². The van der Waals surface area contributed by atoms with Gasteiger partial charge in [0.25, 0.3) is 5.56 Å². The first-order chi connectivity index (χ1) is 9.95. The quantitative estimate of drug-likeness (QED) is 0.394. The van der Waals surface area contributed by atoms with Crippen molar-refractivity contribution in [2.45, 2.75) is 13.5 Å². The zero-order valence-electron chi connectivity index (χ0n) is 11.2. The molecule has 3 N–H and O–H groups in total. The predicted molar refractivity (Wildman–Crippen MR) is 78.5 cm³/mol. The normalized spacial score (nSPS) is 11.7. The maximum atomic E-state index is 13.8. The molecule has 0 aliphatic carbocycles. The Hall–Kier alpha value is -2.34. The van der Waals surface area contributed by atoms with Crippen LogP contribution in [0.1, 0.15) is 16.8 Å². The molecule has 0 aliphatic rings. The highest BCUT2D eigenvalue weighted by atomic mass is 35.5. The average molecular weight is 310 g/mol. The highest BCUT2D eigenvalue weighted by Gasteiger charge is 2.13. The van der Waals surface area contributed by atoms with E-state index in [1.54, 1.807) is 19.1 Å². The van der Waals surface area contributed by atoms with Crippen LogP contribution in [0.3, 0.4) is 0 Å². The van der Waals surface area contributed by atoms with Gasteiger partial charge in [-0.25, -0.2) is 4.39 Å². The molecular weight excluding hydrogens is 297 g/mol. The third kappa shape index (κ3) is 2.90. The van der Waals surface area contributed by atoms with E-state index in [1.807, 2.05) is 0 Å². The van der Waals surface area contributed by atoms with Crippen LogP contribution in [0, 0.1) is 12.7 Å². The summed E-state index contributed by atoms with van der Waals surface area (Å²) in [6.07, 6.45) is 0. The van der Waals surface area contributed by atoms with E-state index in [-0.39, 0.29) is 28.5 Å². The Bertz CT molecular complexity index is 751. The van der Waals surface area contributed by atoms with Gasteiger partial charge in [0.05, 0.1) is 12.1 Å². The third-order valence-electron chi connectivity index (χ3n) is 3.15. The summed E-state index contributed by atoms with van der Waals surface area (Å²) >= 11 is 5.97. The lowest BCUT2D eigenvalue weighted by molar-refractivity contribution is 0.318. The van der Waals surface area contributed by atoms with Gasteiger partial charge in [-0.1, -0.05) is 22.8 Å². The Morgan fingerprint density at radius 1 is 1.43 bits per heavy atom. The van der Waals surface area contributed by atoms with E-state index < -0.39 is 11.4 Å². The lowest BCUT2D eigenvalue weighted by Gasteiger charge is -2.13. The van der Waals surface area contributed by atoms with Crippen molar-refractivity contribution in [3.8, 4) is 0 Å². The Labute approximate surface area is 125 Å². The van der Waals surface area contributed by atoms with E-state index in [1.165, 1.54) is 22.8 Å². The Balaban J connectivity index is 2.57. The summed E-state index contributed by atoms with van der Waals surface area (Å²) in [4.78, 5) is 12.3. The number of oxime groups is 1. The molecule has 2 aromatic rings. The molecule has 110 valence electrons. The maximum Gasteiger partial charge on any atom is 0.262 e. The van der Waals surface area contributed by atoms with Gasteiger partial charge >= 0.3 is 0 Å². The highest BCUT2D eigenvalue weighted by Crippen LogP contribution is 2.20. The highest BCUT2D eigenvalue weighted by molar-refractivity contribution is 6.31. The van der Waals surface area contributed by atoms with Gasteiger partial charge in [-0.15, -0.1) is 0 Å². The van der Waals surface area contributed by atoms with Crippen molar-refractivity contribution >= 4 is 17.4 Å². The molecule has 0 amide bonds. The zero-order valence-corrected chi connectivity index (χ0v) is 11.9. The smallest absolute Gasteiger partial charge is 0.262 e. The van der Waals surface area contributed by atoms with Gasteiger partial charge in [-0.2, -0.15) is 0 Å². The number of amidine groups is 1. The van der Waals surface area contributed by atoms with Crippen LogP contribution in [0.15, 0.2) is 40.3 Å². The molecule has 1 aromatic heterocycles. The number of rotatable bonds is 3. The molecule has 0 atom stereocenters. The van der Waals surface area contributed by atoms with Crippen LogP contribution >= 0.6 is 11.6 Å². The fourth-order valence-electron chi connectivity index (χ4n) is 1.96. The number of hydrogen-bond donors (Lipinski definition) is 2. The molecule has 5 nitrogen and oxygen atoms in total. The standard InChI is InChI=1S/C14H13ClFN3O2/c1-8-5-6-9(13(17)18-21)14(20)19(8)7-10-11(15)3-2-4-12(10)16/h2-6,21H,7H2,1H3,(H2,17,18). The molecule has 2 rings (SSSR count). The lowest BCUT2D eigenvalue weighted by atomic mass is 10.1. The molecule has 0 aliphatic heterocycles. The first kappa shape index (κ1) is 15.1. The first-order valence-corrected chi connectivity index (χ1v) is 6.44. The van der Waals surface area contributed by atoms with Crippen LogP contribution < -0.4 is 11.3 Å². The second-order valence-corrected chi connectivity index (χ2v) is 4.87. The van der Waals surface area contributed by atoms with Gasteiger partial charge in [-0.05, 0) is 31.2 Å². The summed E-state index contributed by atoms with van der Waals surface area (Å²) < 4.78 is 15.2. The van der Waals surface area contributed by atoms with E-state index in [0.29, 0.717) is 5.69 Å². The molecule has 21 heavy (non-hydrogen) atoms. The van der Waals surface area contributed by atoms with Crippen LogP contribution in [0.2, 0.25) is 5.02 Å². The maximum absolute atomic E-state index is 13.8. The second-order valence-electron chi connectivity index (χ2n) is 4.47. The first-order valence-electron chi connectivity index (χ1n) is 6.07. The number of benzene rings is 1. The molecular formula is C14H13ClFN3O2. The van der Waals surface area contributed by atoms with Gasteiger partial charge < -0.3 is 15.5 Å². The van der Waals surface area contributed by atoms with Crippen LogP contribution in [-0.4, -0.2) is 15.6 Å². The van der Waals surface area contributed by atoms with Crippen molar-refractivity contribution in [1.82, 2.24) is 4.57 Å². The third-order valence-corrected chi connectivity index (χ3v) is 3.51. The minimum Gasteiger partial charge on any atom is -0.409 e. The molecule has 0 radical (unpaired) electrons. The molecule has 7 heteroatoms. The van der Waals surface area contributed by atoms with Crippen LogP contribution in [-0.2, 0) is 6.54 Å². The number of nitrogens with two attached hydrogens (primary N) is 1. The summed E-state index contributed by atoms with van der Waals surface area (Å²) in [7, 11) is 0. The Morgan fingerprint density at radius 3 is 2.76 bits per heavy atom. The number of pyridine rings is 1. The van der Waals surface area contributed by atoms with Crippen molar-refractivity contribution in [3.05, 3.63) is 68.3 Å². The SMILES string of the molecule is Cc1ccc(/C(N)=N/O)c(=O)n1Cc1c(F)cccc1Cl. The topological polar surface area (TPSA) is 80.6 Å². The van der Waals surface area contributed by atoms with Crippen molar-refractivity contribution in [3.63, 3.8) is 0 Å². The fourth-order valence-corrected chi connectivity index (χ4v) is 2.18. The van der Waals surface area contributed by atoms with Crippen LogP contribution in [0.25, 0.3) is 0 Å². The van der Waals surface area contributed by atoms with Gasteiger partial charge in [0.2, 0.25) is 0 Å². The van der Waals surface area contributed by atoms with Crippen LogP contribution in [0.5, 0.6) is 0 Å². The summed E-state index contributed by atoms with van der Waals surface area (Å²) in [6, 6.07) is 7.39. The number of aromatic nitrogens is 1. The monoisotopic (exact) mass is 309 g/mol. The number of halogens is 2. The van der Waals surface area contributed by atoms with Crippen molar-refractivity contribution in [2.75, 3.05) is 0 Å². The van der Waals surface area contributed by atoms with E-state index >= 15 is 0 Å². The summed E-state index contributed by atoms with van der Waals surface area (Å²) in [6.45, 7) is 1.66. The van der Waals surface area contributed by atoms with Crippen LogP contribution in [0.4, 0.5) is 4.39 Å². The van der Waals surface area contributed by atoms with E-state index in [4.69, 9.17) is 22.5 Å². The molecule has 1 heterocycles. The average Bonchev–Trinajstić information content (AvgIpc) is 2.45. The zero-order chi connectivity index (χ0) is 15.6. The van der Waals surface area contributed by atoms with E-state index in [2.05, 4.69) is 5.16 Å². The fraction of sp³-hybridized carbons (Fsp3) is 0.143. The number of nitrogens with zero attached hydrogens (tertiary/aromatic N) is 2. The molecule has 1 aromatic carbocycles. The summed E-state index contributed by atoms with van der Waals surface area (Å²) in [5.41, 5.74) is 5.82. The Morgan fingerprint density at radius 2 is 2.14 bits per heavy atom. The Kier molecular flexibility index (Phi) is 4.28. The number of hydrogen-bond acceptors (Lipinski definition) is 3. The minimum atomic E-state index is -0.497. The van der Waals surface area contributed by atoms with E-state index in [0.717, 1.165) is 0 Å². The van der Waals surface area contributed by atoms with Gasteiger partial charge in [0.1, 0.15) is 5.82 Å². The second kappa shape index (κ2) is 5.97. The summed E-state index contributed by atoms with van der Waals surface area (Å²) in [5.74, 6) is -0.795. The van der Waals surface area contributed by atoms with Gasteiger partial charge in [-0.3, -0.25) is 4.79 Å². The molecule has 0 fully saturated rings. The molecule has 0 saturated heterocycles. The predicted octanol–water partition coefficient (Wildman–Crippen LogP) is 2.09. The minimum absolute atomic E-state index is 0.0376. The van der Waals surface area contributed by atoms with Gasteiger partial charge in [0.15, 0.2) is 5.84 Å². The number of aryl methyl sites for hydroxylation is 1.